The van der Waals surface area contributed by atoms with E-state index >= 15 is 0 Å². The van der Waals surface area contributed by atoms with Crippen LogP contribution < -0.4 is 11.3 Å². The molecule has 0 fully saturated rings. The SMILES string of the molecule is Cc1cscc1C(NN)c1ccco1. The van der Waals surface area contributed by atoms with Crippen molar-refractivity contribution in [3.05, 3.63) is 46.0 Å². The van der Waals surface area contributed by atoms with Crippen LogP contribution in [0.15, 0.2) is 33.6 Å². The van der Waals surface area contributed by atoms with Crippen molar-refractivity contribution in [2.45, 2.75) is 13.0 Å². The van der Waals surface area contributed by atoms with E-state index in [-0.39, 0.29) is 6.04 Å². The largest absolute Gasteiger partial charge is 0.467 e. The fraction of sp³-hybridized carbons (Fsp3) is 0.200. The highest BCUT2D eigenvalue weighted by molar-refractivity contribution is 7.08. The van der Waals surface area contributed by atoms with Gasteiger partial charge in [-0.2, -0.15) is 11.3 Å². The molecule has 2 heterocycles. The molecule has 2 rings (SSSR count). The van der Waals surface area contributed by atoms with Gasteiger partial charge in [-0.3, -0.25) is 5.84 Å². The summed E-state index contributed by atoms with van der Waals surface area (Å²) < 4.78 is 5.33. The molecule has 0 radical (unpaired) electrons. The standard InChI is InChI=1S/C10H12N2OS/c1-7-5-14-6-8(7)10(12-11)9-3-2-4-13-9/h2-6,10,12H,11H2,1H3. The molecule has 0 aliphatic rings. The van der Waals surface area contributed by atoms with Crippen molar-refractivity contribution in [1.82, 2.24) is 5.43 Å². The molecule has 0 bridgehead atoms. The Hall–Kier alpha value is -1.10. The topological polar surface area (TPSA) is 51.2 Å². The summed E-state index contributed by atoms with van der Waals surface area (Å²) in [5.74, 6) is 6.36. The number of thiophene rings is 1. The number of hydrogen-bond donors (Lipinski definition) is 2. The number of furan rings is 1. The van der Waals surface area contributed by atoms with Gasteiger partial charge in [-0.1, -0.05) is 0 Å². The number of nitrogens with one attached hydrogen (secondary N) is 1. The van der Waals surface area contributed by atoms with Crippen LogP contribution in [-0.2, 0) is 0 Å². The van der Waals surface area contributed by atoms with Crippen molar-refractivity contribution in [2.24, 2.45) is 5.84 Å². The van der Waals surface area contributed by atoms with Crippen LogP contribution >= 0.6 is 11.3 Å². The number of hydrazine groups is 1. The summed E-state index contributed by atoms with van der Waals surface area (Å²) in [7, 11) is 0. The third kappa shape index (κ3) is 1.59. The second-order valence-corrected chi connectivity index (χ2v) is 3.87. The van der Waals surface area contributed by atoms with Gasteiger partial charge in [0.05, 0.1) is 6.26 Å². The Balaban J connectivity index is 2.36. The highest BCUT2D eigenvalue weighted by Crippen LogP contribution is 2.26. The van der Waals surface area contributed by atoms with Gasteiger partial charge in [0.1, 0.15) is 11.8 Å². The van der Waals surface area contributed by atoms with Gasteiger partial charge in [-0.25, -0.2) is 5.43 Å². The zero-order valence-corrected chi connectivity index (χ0v) is 8.67. The van der Waals surface area contributed by atoms with Crippen molar-refractivity contribution >= 4 is 11.3 Å². The van der Waals surface area contributed by atoms with Crippen LogP contribution in [0.3, 0.4) is 0 Å². The van der Waals surface area contributed by atoms with E-state index in [0.717, 1.165) is 5.76 Å². The summed E-state index contributed by atoms with van der Waals surface area (Å²) in [4.78, 5) is 0. The predicted octanol–water partition coefficient (Wildman–Crippen LogP) is 2.20. The molecular weight excluding hydrogens is 196 g/mol. The van der Waals surface area contributed by atoms with Crippen molar-refractivity contribution in [3.63, 3.8) is 0 Å². The minimum Gasteiger partial charge on any atom is -0.467 e. The molecule has 0 aromatic carbocycles. The maximum Gasteiger partial charge on any atom is 0.126 e. The Morgan fingerprint density at radius 2 is 2.36 bits per heavy atom. The highest BCUT2D eigenvalue weighted by Gasteiger charge is 2.17. The number of rotatable bonds is 3. The molecule has 74 valence electrons. The first-order valence-corrected chi connectivity index (χ1v) is 5.29. The molecule has 0 saturated heterocycles. The van der Waals surface area contributed by atoms with Gasteiger partial charge in [0.25, 0.3) is 0 Å². The fourth-order valence-corrected chi connectivity index (χ4v) is 2.32. The highest BCUT2D eigenvalue weighted by atomic mass is 32.1. The van der Waals surface area contributed by atoms with Crippen LogP contribution in [0, 0.1) is 6.92 Å². The van der Waals surface area contributed by atoms with Gasteiger partial charge in [-0.15, -0.1) is 0 Å². The first-order valence-electron chi connectivity index (χ1n) is 4.35. The van der Waals surface area contributed by atoms with E-state index in [4.69, 9.17) is 10.3 Å². The fourth-order valence-electron chi connectivity index (χ4n) is 1.45. The van der Waals surface area contributed by atoms with Crippen LogP contribution in [0.5, 0.6) is 0 Å². The molecule has 14 heavy (non-hydrogen) atoms. The molecule has 3 nitrogen and oxygen atoms in total. The lowest BCUT2D eigenvalue weighted by Crippen LogP contribution is -2.28. The van der Waals surface area contributed by atoms with E-state index in [1.807, 2.05) is 12.1 Å². The predicted molar refractivity (Wildman–Crippen MR) is 56.9 cm³/mol. The Morgan fingerprint density at radius 3 is 2.86 bits per heavy atom. The van der Waals surface area contributed by atoms with Gasteiger partial charge < -0.3 is 4.42 Å². The van der Waals surface area contributed by atoms with E-state index < -0.39 is 0 Å². The first kappa shape index (κ1) is 9.45. The summed E-state index contributed by atoms with van der Waals surface area (Å²) in [5.41, 5.74) is 5.17. The van der Waals surface area contributed by atoms with Crippen molar-refractivity contribution in [1.29, 1.82) is 0 Å². The normalized spacial score (nSPS) is 13.0. The summed E-state index contributed by atoms with van der Waals surface area (Å²) in [5, 5.41) is 4.19. The Bertz CT molecular complexity index is 394. The van der Waals surface area contributed by atoms with E-state index in [1.54, 1.807) is 17.6 Å². The van der Waals surface area contributed by atoms with Crippen LogP contribution in [0.1, 0.15) is 22.9 Å². The summed E-state index contributed by atoms with van der Waals surface area (Å²) in [6.45, 7) is 2.07. The molecule has 1 unspecified atom stereocenters. The zero-order valence-electron chi connectivity index (χ0n) is 7.86. The van der Waals surface area contributed by atoms with Gasteiger partial charge in [0.2, 0.25) is 0 Å². The molecule has 0 aliphatic heterocycles. The third-order valence-corrected chi connectivity index (χ3v) is 3.08. The van der Waals surface area contributed by atoms with Crippen molar-refractivity contribution < 1.29 is 4.42 Å². The molecule has 2 aromatic heterocycles. The van der Waals surface area contributed by atoms with E-state index in [9.17, 15) is 0 Å². The first-order chi connectivity index (χ1) is 6.83. The average Bonchev–Trinajstić information content (AvgIpc) is 2.80. The lowest BCUT2D eigenvalue weighted by molar-refractivity contribution is 0.452. The van der Waals surface area contributed by atoms with Crippen LogP contribution in [-0.4, -0.2) is 0 Å². The van der Waals surface area contributed by atoms with Crippen LogP contribution in [0.2, 0.25) is 0 Å². The van der Waals surface area contributed by atoms with Gasteiger partial charge >= 0.3 is 0 Å². The lowest BCUT2D eigenvalue weighted by Gasteiger charge is -2.12. The quantitative estimate of drug-likeness (QED) is 0.600. The molecule has 3 N–H and O–H groups in total. The Kier molecular flexibility index (Phi) is 2.67. The van der Waals surface area contributed by atoms with Gasteiger partial charge in [-0.05, 0) is 40.9 Å². The number of nitrogens with two attached hydrogens (primary N) is 1. The molecule has 2 aromatic rings. The molecule has 0 saturated carbocycles. The molecule has 1 atom stereocenters. The number of hydrogen-bond acceptors (Lipinski definition) is 4. The second-order valence-electron chi connectivity index (χ2n) is 3.13. The molecular formula is C10H12N2OS. The summed E-state index contributed by atoms with van der Waals surface area (Å²) in [6.07, 6.45) is 1.65. The smallest absolute Gasteiger partial charge is 0.126 e. The third-order valence-electron chi connectivity index (χ3n) is 2.20. The summed E-state index contributed by atoms with van der Waals surface area (Å²) in [6, 6.07) is 3.74. The van der Waals surface area contributed by atoms with Crippen LogP contribution in [0.4, 0.5) is 0 Å². The lowest BCUT2D eigenvalue weighted by atomic mass is 10.1. The second kappa shape index (κ2) is 3.96. The van der Waals surface area contributed by atoms with E-state index in [0.29, 0.717) is 0 Å². The maximum atomic E-state index is 5.52. The molecule has 4 heteroatoms. The van der Waals surface area contributed by atoms with Crippen molar-refractivity contribution in [3.8, 4) is 0 Å². The minimum absolute atomic E-state index is 0.0451. The Labute approximate surface area is 86.5 Å². The monoisotopic (exact) mass is 208 g/mol. The zero-order chi connectivity index (χ0) is 9.97. The van der Waals surface area contributed by atoms with E-state index in [2.05, 4.69) is 23.1 Å². The van der Waals surface area contributed by atoms with Crippen LogP contribution in [0.25, 0.3) is 0 Å². The van der Waals surface area contributed by atoms with Crippen molar-refractivity contribution in [2.75, 3.05) is 0 Å². The van der Waals surface area contributed by atoms with E-state index in [1.165, 1.54) is 11.1 Å². The average molecular weight is 208 g/mol. The minimum atomic E-state index is -0.0451. The molecule has 0 aliphatic carbocycles. The molecule has 0 spiro atoms. The number of aryl methyl sites for hydroxylation is 1. The maximum absolute atomic E-state index is 5.52. The van der Waals surface area contributed by atoms with Gasteiger partial charge in [0.15, 0.2) is 0 Å². The molecule has 0 amide bonds. The Morgan fingerprint density at radius 1 is 1.50 bits per heavy atom. The summed E-state index contributed by atoms with van der Waals surface area (Å²) >= 11 is 1.67. The van der Waals surface area contributed by atoms with Gasteiger partial charge in [0, 0.05) is 0 Å².